The number of rotatable bonds is 4. The third kappa shape index (κ3) is 3.51. The molecule has 104 valence electrons. The Morgan fingerprint density at radius 2 is 1.95 bits per heavy atom. The average Bonchev–Trinajstić information content (AvgIpc) is 2.39. The van der Waals surface area contributed by atoms with Crippen molar-refractivity contribution >= 4 is 24.2 Å². The minimum absolute atomic E-state index is 0.0485. The zero-order valence-electron chi connectivity index (χ0n) is 10.8. The summed E-state index contributed by atoms with van der Waals surface area (Å²) in [6.45, 7) is 1.79. The van der Waals surface area contributed by atoms with Crippen LogP contribution in [0.3, 0.4) is 0 Å². The molecule has 0 radical (unpaired) electrons. The van der Waals surface area contributed by atoms with Crippen molar-refractivity contribution in [2.45, 2.75) is 13.5 Å². The second-order valence-corrected chi connectivity index (χ2v) is 4.85. The van der Waals surface area contributed by atoms with E-state index >= 15 is 0 Å². The van der Waals surface area contributed by atoms with Crippen molar-refractivity contribution in [2.75, 3.05) is 0 Å². The van der Waals surface area contributed by atoms with E-state index in [-0.39, 0.29) is 12.4 Å². The number of hydrogen-bond acceptors (Lipinski definition) is 3. The maximum Gasteiger partial charge on any atom is 0.488 e. The van der Waals surface area contributed by atoms with Crippen molar-refractivity contribution in [3.63, 3.8) is 0 Å². The number of hydrogen-bond donors (Lipinski definition) is 2. The molecule has 0 amide bonds. The molecular formula is C14H13BClFO3. The third-order valence-electron chi connectivity index (χ3n) is 2.92. The van der Waals surface area contributed by atoms with Gasteiger partial charge in [-0.2, -0.15) is 0 Å². The summed E-state index contributed by atoms with van der Waals surface area (Å²) in [5, 5.41) is 18.7. The van der Waals surface area contributed by atoms with Gasteiger partial charge in [0.25, 0.3) is 0 Å². The van der Waals surface area contributed by atoms with Gasteiger partial charge in [-0.25, -0.2) is 4.39 Å². The number of benzene rings is 2. The van der Waals surface area contributed by atoms with E-state index in [1.807, 2.05) is 0 Å². The molecule has 0 saturated carbocycles. The molecule has 0 bridgehead atoms. The molecular weight excluding hydrogens is 281 g/mol. The van der Waals surface area contributed by atoms with Gasteiger partial charge < -0.3 is 14.8 Å². The molecule has 2 aromatic rings. The predicted molar refractivity (Wildman–Crippen MR) is 76.7 cm³/mol. The molecule has 2 rings (SSSR count). The van der Waals surface area contributed by atoms with E-state index in [0.717, 1.165) is 0 Å². The van der Waals surface area contributed by atoms with Crippen molar-refractivity contribution in [3.8, 4) is 5.75 Å². The molecule has 0 fully saturated rings. The Bertz CT molecular complexity index is 619. The number of aryl methyl sites for hydroxylation is 1. The molecule has 0 unspecified atom stereocenters. The Kier molecular flexibility index (Phi) is 4.65. The predicted octanol–water partition coefficient (Wildman–Crippen LogP) is 2.05. The Labute approximate surface area is 121 Å². The van der Waals surface area contributed by atoms with Gasteiger partial charge in [-0.15, -0.1) is 0 Å². The van der Waals surface area contributed by atoms with Gasteiger partial charge in [0.2, 0.25) is 0 Å². The van der Waals surface area contributed by atoms with Crippen LogP contribution in [-0.4, -0.2) is 17.2 Å². The van der Waals surface area contributed by atoms with E-state index in [4.69, 9.17) is 26.4 Å². The fourth-order valence-electron chi connectivity index (χ4n) is 1.84. The highest BCUT2D eigenvalue weighted by atomic mass is 35.5. The van der Waals surface area contributed by atoms with Gasteiger partial charge in [-0.1, -0.05) is 17.7 Å². The smallest absolute Gasteiger partial charge is 0.488 e. The molecule has 2 aromatic carbocycles. The lowest BCUT2D eigenvalue weighted by molar-refractivity contribution is 0.299. The summed E-state index contributed by atoms with van der Waals surface area (Å²) < 4.78 is 19.0. The Morgan fingerprint density at radius 1 is 1.20 bits per heavy atom. The second kappa shape index (κ2) is 6.26. The molecule has 6 heteroatoms. The van der Waals surface area contributed by atoms with Gasteiger partial charge >= 0.3 is 7.12 Å². The van der Waals surface area contributed by atoms with Crippen molar-refractivity contribution in [3.05, 3.63) is 58.4 Å². The summed E-state index contributed by atoms with van der Waals surface area (Å²) in [5.41, 5.74) is 1.46. The summed E-state index contributed by atoms with van der Waals surface area (Å²) >= 11 is 5.80. The zero-order chi connectivity index (χ0) is 14.7. The van der Waals surface area contributed by atoms with Crippen LogP contribution in [0, 0.1) is 12.7 Å². The van der Waals surface area contributed by atoms with E-state index in [1.165, 1.54) is 18.2 Å². The molecule has 20 heavy (non-hydrogen) atoms. The van der Waals surface area contributed by atoms with E-state index in [0.29, 0.717) is 27.4 Å². The molecule has 0 saturated heterocycles. The van der Waals surface area contributed by atoms with Gasteiger partial charge in [0, 0.05) is 10.6 Å². The van der Waals surface area contributed by atoms with E-state index in [1.54, 1.807) is 25.1 Å². The number of ether oxygens (including phenoxy) is 1. The van der Waals surface area contributed by atoms with Crippen LogP contribution >= 0.6 is 11.6 Å². The fraction of sp³-hybridized carbons (Fsp3) is 0.143. The van der Waals surface area contributed by atoms with Crippen LogP contribution in [0.4, 0.5) is 4.39 Å². The van der Waals surface area contributed by atoms with Crippen LogP contribution in [0.2, 0.25) is 5.02 Å². The highest BCUT2D eigenvalue weighted by Gasteiger charge is 2.14. The maximum atomic E-state index is 13.5. The lowest BCUT2D eigenvalue weighted by Crippen LogP contribution is -2.31. The van der Waals surface area contributed by atoms with Crippen LogP contribution in [0.1, 0.15) is 11.1 Å². The molecule has 2 N–H and O–H groups in total. The van der Waals surface area contributed by atoms with Gasteiger partial charge in [-0.05, 0) is 48.3 Å². The Hall–Kier alpha value is -1.56. The van der Waals surface area contributed by atoms with Crippen molar-refractivity contribution in [1.82, 2.24) is 0 Å². The first-order valence-corrected chi connectivity index (χ1v) is 6.38. The minimum Gasteiger partial charge on any atom is -0.489 e. The molecule has 0 atom stereocenters. The largest absolute Gasteiger partial charge is 0.489 e. The van der Waals surface area contributed by atoms with Crippen LogP contribution in [0.25, 0.3) is 0 Å². The second-order valence-electron chi connectivity index (χ2n) is 4.42. The highest BCUT2D eigenvalue weighted by Crippen LogP contribution is 2.18. The lowest BCUT2D eigenvalue weighted by atomic mass is 9.77. The molecule has 0 heterocycles. The monoisotopic (exact) mass is 294 g/mol. The van der Waals surface area contributed by atoms with Crippen molar-refractivity contribution in [2.24, 2.45) is 0 Å². The van der Waals surface area contributed by atoms with Crippen LogP contribution in [0.15, 0.2) is 36.4 Å². The van der Waals surface area contributed by atoms with E-state index < -0.39 is 7.12 Å². The maximum absolute atomic E-state index is 13.5. The van der Waals surface area contributed by atoms with Gasteiger partial charge in [0.15, 0.2) is 0 Å². The van der Waals surface area contributed by atoms with Gasteiger partial charge in [0.1, 0.15) is 18.2 Å². The van der Waals surface area contributed by atoms with E-state index in [2.05, 4.69) is 0 Å². The SMILES string of the molecule is Cc1cc(OCc2cc(Cl)ccc2F)ccc1B(O)O. The summed E-state index contributed by atoms with van der Waals surface area (Å²) in [4.78, 5) is 0. The van der Waals surface area contributed by atoms with Crippen molar-refractivity contribution in [1.29, 1.82) is 0 Å². The van der Waals surface area contributed by atoms with Crippen molar-refractivity contribution < 1.29 is 19.2 Å². The first-order valence-electron chi connectivity index (χ1n) is 6.01. The molecule has 0 aliphatic rings. The molecule has 3 nitrogen and oxygen atoms in total. The summed E-state index contributed by atoms with van der Waals surface area (Å²) in [5.74, 6) is 0.139. The topological polar surface area (TPSA) is 49.7 Å². The zero-order valence-corrected chi connectivity index (χ0v) is 11.6. The fourth-order valence-corrected chi connectivity index (χ4v) is 2.04. The Balaban J connectivity index is 2.11. The standard InChI is InChI=1S/C14H13BClFO3/c1-9-6-12(3-4-13(9)15(18)19)20-8-10-7-11(16)2-5-14(10)17/h2-7,18-19H,8H2,1H3. The normalized spacial score (nSPS) is 10.4. The molecule has 0 aromatic heterocycles. The highest BCUT2D eigenvalue weighted by molar-refractivity contribution is 6.59. The first-order chi connectivity index (χ1) is 9.47. The average molecular weight is 295 g/mol. The lowest BCUT2D eigenvalue weighted by Gasteiger charge is -2.10. The van der Waals surface area contributed by atoms with Crippen LogP contribution in [-0.2, 0) is 6.61 Å². The number of halogens is 2. The van der Waals surface area contributed by atoms with Gasteiger partial charge in [0.05, 0.1) is 0 Å². The molecule has 0 spiro atoms. The molecule has 0 aliphatic carbocycles. The Morgan fingerprint density at radius 3 is 2.60 bits per heavy atom. The summed E-state index contributed by atoms with van der Waals surface area (Å²) in [6.07, 6.45) is 0. The quantitative estimate of drug-likeness (QED) is 0.849. The first kappa shape index (κ1) is 14.8. The summed E-state index contributed by atoms with van der Waals surface area (Å²) in [6, 6.07) is 9.10. The van der Waals surface area contributed by atoms with Crippen LogP contribution < -0.4 is 10.2 Å². The summed E-state index contributed by atoms with van der Waals surface area (Å²) in [7, 11) is -1.52. The molecule has 0 aliphatic heterocycles. The van der Waals surface area contributed by atoms with Crippen LogP contribution in [0.5, 0.6) is 5.75 Å². The van der Waals surface area contributed by atoms with E-state index in [9.17, 15) is 4.39 Å². The minimum atomic E-state index is -1.52. The van der Waals surface area contributed by atoms with Gasteiger partial charge in [-0.3, -0.25) is 0 Å². The third-order valence-corrected chi connectivity index (χ3v) is 3.16.